The number of amides is 2. The van der Waals surface area contributed by atoms with Crippen LogP contribution in [0.3, 0.4) is 0 Å². The number of carbonyl (C=O) groups is 2. The van der Waals surface area contributed by atoms with E-state index in [4.69, 9.17) is 17.3 Å². The number of nitrogens with zero attached hydrogens (tertiary/aromatic N) is 5. The molecule has 170 valence electrons. The van der Waals surface area contributed by atoms with Crippen LogP contribution in [-0.2, 0) is 9.59 Å². The number of imidazole rings is 1. The maximum absolute atomic E-state index is 12.9. The molecule has 0 unspecified atom stereocenters. The van der Waals surface area contributed by atoms with Crippen molar-refractivity contribution in [1.29, 1.82) is 0 Å². The lowest BCUT2D eigenvalue weighted by molar-refractivity contribution is -0.121. The molecule has 4 N–H and O–H groups in total. The van der Waals surface area contributed by atoms with Crippen LogP contribution in [0.4, 0.5) is 16.6 Å². The van der Waals surface area contributed by atoms with Crippen molar-refractivity contribution in [2.45, 2.75) is 38.6 Å². The van der Waals surface area contributed by atoms with E-state index in [9.17, 15) is 9.59 Å². The molecule has 1 aliphatic carbocycles. The fraction of sp³-hybridized carbons (Fsp3) is 0.333. The second-order valence-corrected chi connectivity index (χ2v) is 9.45. The van der Waals surface area contributed by atoms with Crippen LogP contribution in [0.1, 0.15) is 38.6 Å². The minimum absolute atomic E-state index is 0.0281. The van der Waals surface area contributed by atoms with Crippen molar-refractivity contribution in [3.8, 4) is 0 Å². The number of carbonyl (C=O) groups excluding carboxylic acids is 2. The smallest absolute Gasteiger partial charge is 0.229 e. The van der Waals surface area contributed by atoms with Crippen LogP contribution in [0.2, 0.25) is 5.28 Å². The van der Waals surface area contributed by atoms with E-state index in [1.54, 1.807) is 12.4 Å². The first-order valence-corrected chi connectivity index (χ1v) is 11.7. The quantitative estimate of drug-likeness (QED) is 0.372. The van der Waals surface area contributed by atoms with Crippen molar-refractivity contribution in [3.63, 3.8) is 0 Å². The van der Waals surface area contributed by atoms with Crippen molar-refractivity contribution in [2.75, 3.05) is 16.4 Å². The Kier molecular flexibility index (Phi) is 5.59. The van der Waals surface area contributed by atoms with E-state index in [0.717, 1.165) is 35.9 Å². The molecule has 1 fully saturated rings. The van der Waals surface area contributed by atoms with Crippen LogP contribution in [0, 0.1) is 5.92 Å². The lowest BCUT2D eigenvalue weighted by Gasteiger charge is -2.28. The predicted molar refractivity (Wildman–Crippen MR) is 128 cm³/mol. The number of nitrogens with one attached hydrogen (secondary N) is 2. The maximum atomic E-state index is 12.9. The molecule has 2 amide bonds. The first kappa shape index (κ1) is 21.5. The fourth-order valence-electron chi connectivity index (χ4n) is 4.26. The Bertz CT molecular complexity index is 1380. The highest BCUT2D eigenvalue weighted by molar-refractivity contribution is 7.22. The monoisotopic (exact) mass is 484 g/mol. The van der Waals surface area contributed by atoms with Gasteiger partial charge in [0.2, 0.25) is 17.1 Å². The SMILES string of the molecule is CC(=O)Nc1ccc2nc(NC(=O)[C@H]3CC[C@@H](n4cnc5c(N)nc(Cl)nc54)CC3)sc2c1. The number of halogens is 1. The number of anilines is 3. The van der Waals surface area contributed by atoms with Gasteiger partial charge in [0.1, 0.15) is 5.52 Å². The number of nitrogen functional groups attached to an aromatic ring is 1. The zero-order chi connectivity index (χ0) is 23.1. The van der Waals surface area contributed by atoms with E-state index in [0.29, 0.717) is 22.0 Å². The molecule has 3 heterocycles. The number of hydrogen-bond donors (Lipinski definition) is 3. The Morgan fingerprint density at radius 2 is 1.94 bits per heavy atom. The van der Waals surface area contributed by atoms with Crippen molar-refractivity contribution in [1.82, 2.24) is 24.5 Å². The lowest BCUT2D eigenvalue weighted by Crippen LogP contribution is -2.28. The Labute approximate surface area is 197 Å². The highest BCUT2D eigenvalue weighted by Crippen LogP contribution is 2.36. The van der Waals surface area contributed by atoms with E-state index >= 15 is 0 Å². The van der Waals surface area contributed by atoms with Crippen LogP contribution < -0.4 is 16.4 Å². The number of aromatic nitrogens is 5. The first-order valence-electron chi connectivity index (χ1n) is 10.5. The van der Waals surface area contributed by atoms with Gasteiger partial charge in [-0.2, -0.15) is 9.97 Å². The summed E-state index contributed by atoms with van der Waals surface area (Å²) in [6.45, 7) is 1.46. The number of hydrogen-bond acceptors (Lipinski definition) is 8. The molecule has 1 aromatic carbocycles. The minimum atomic E-state index is -0.134. The van der Waals surface area contributed by atoms with E-state index in [1.807, 2.05) is 16.7 Å². The molecular formula is C21H21ClN8O2S. The Morgan fingerprint density at radius 1 is 1.15 bits per heavy atom. The molecular weight excluding hydrogens is 464 g/mol. The first-order chi connectivity index (χ1) is 15.9. The van der Waals surface area contributed by atoms with Crippen LogP contribution in [0.15, 0.2) is 24.5 Å². The van der Waals surface area contributed by atoms with E-state index in [1.165, 1.54) is 18.3 Å². The van der Waals surface area contributed by atoms with Crippen LogP contribution in [0.5, 0.6) is 0 Å². The average Bonchev–Trinajstić information content (AvgIpc) is 3.36. The van der Waals surface area contributed by atoms with Gasteiger partial charge in [-0.1, -0.05) is 11.3 Å². The molecule has 1 aliphatic rings. The molecule has 0 bridgehead atoms. The molecule has 0 saturated heterocycles. The molecule has 0 atom stereocenters. The van der Waals surface area contributed by atoms with Gasteiger partial charge in [-0.05, 0) is 55.5 Å². The third-order valence-corrected chi connectivity index (χ3v) is 6.92. The van der Waals surface area contributed by atoms with Crippen LogP contribution >= 0.6 is 22.9 Å². The molecule has 12 heteroatoms. The molecule has 0 spiro atoms. The third-order valence-electron chi connectivity index (χ3n) is 5.82. The van der Waals surface area contributed by atoms with E-state index < -0.39 is 0 Å². The standard InChI is InChI=1S/C21H21ClN8O2S/c1-10(31)25-12-4-7-14-15(8-12)33-21(26-14)29-19(32)11-2-5-13(6-3-11)30-9-24-16-17(23)27-20(22)28-18(16)30/h4,7-9,11,13H,2-3,5-6H2,1H3,(H,25,31)(H2,23,27,28)(H,26,29,32)/t11-,13+. The number of thiazole rings is 1. The molecule has 33 heavy (non-hydrogen) atoms. The number of benzene rings is 1. The molecule has 4 aromatic rings. The van der Waals surface area contributed by atoms with Gasteiger partial charge in [-0.25, -0.2) is 9.97 Å². The van der Waals surface area contributed by atoms with Gasteiger partial charge < -0.3 is 20.9 Å². The molecule has 0 aliphatic heterocycles. The highest BCUT2D eigenvalue weighted by atomic mass is 35.5. The largest absolute Gasteiger partial charge is 0.382 e. The molecule has 1 saturated carbocycles. The summed E-state index contributed by atoms with van der Waals surface area (Å²) < 4.78 is 2.88. The van der Waals surface area contributed by atoms with Crippen molar-refractivity contribution < 1.29 is 9.59 Å². The summed E-state index contributed by atoms with van der Waals surface area (Å²) >= 11 is 7.36. The third kappa shape index (κ3) is 4.33. The van der Waals surface area contributed by atoms with Gasteiger partial charge in [0, 0.05) is 24.6 Å². The summed E-state index contributed by atoms with van der Waals surface area (Å²) in [5.41, 5.74) is 8.54. The van der Waals surface area contributed by atoms with Crippen LogP contribution in [0.25, 0.3) is 21.4 Å². The number of fused-ring (bicyclic) bond motifs is 2. The Hall–Kier alpha value is -3.31. The molecule has 0 radical (unpaired) electrons. The number of nitrogens with two attached hydrogens (primary N) is 1. The molecule has 5 rings (SSSR count). The van der Waals surface area contributed by atoms with Crippen molar-refractivity contribution in [2.24, 2.45) is 5.92 Å². The topological polar surface area (TPSA) is 141 Å². The fourth-order valence-corrected chi connectivity index (χ4v) is 5.34. The van der Waals surface area contributed by atoms with Gasteiger partial charge in [0.25, 0.3) is 0 Å². The van der Waals surface area contributed by atoms with Gasteiger partial charge in [0.05, 0.1) is 16.5 Å². The van der Waals surface area contributed by atoms with Gasteiger partial charge in [-0.15, -0.1) is 0 Å². The summed E-state index contributed by atoms with van der Waals surface area (Å²) in [4.78, 5) is 41.2. The summed E-state index contributed by atoms with van der Waals surface area (Å²) in [6.07, 6.45) is 4.81. The van der Waals surface area contributed by atoms with Gasteiger partial charge >= 0.3 is 0 Å². The maximum Gasteiger partial charge on any atom is 0.229 e. The van der Waals surface area contributed by atoms with Crippen molar-refractivity contribution in [3.05, 3.63) is 29.8 Å². The van der Waals surface area contributed by atoms with Gasteiger partial charge in [-0.3, -0.25) is 9.59 Å². The normalized spacial score (nSPS) is 18.5. The average molecular weight is 485 g/mol. The Morgan fingerprint density at radius 3 is 2.70 bits per heavy atom. The minimum Gasteiger partial charge on any atom is -0.382 e. The second-order valence-electron chi connectivity index (χ2n) is 8.08. The molecule has 3 aromatic heterocycles. The summed E-state index contributed by atoms with van der Waals surface area (Å²) in [5, 5.41) is 6.37. The predicted octanol–water partition coefficient (Wildman–Crippen LogP) is 4.00. The van der Waals surface area contributed by atoms with Crippen molar-refractivity contribution >= 4 is 72.8 Å². The van der Waals surface area contributed by atoms with E-state index in [-0.39, 0.29) is 34.9 Å². The summed E-state index contributed by atoms with van der Waals surface area (Å²) in [6, 6.07) is 5.64. The zero-order valence-electron chi connectivity index (χ0n) is 17.7. The number of rotatable bonds is 4. The summed E-state index contributed by atoms with van der Waals surface area (Å²) in [7, 11) is 0. The second kappa shape index (κ2) is 8.56. The molecule has 10 nitrogen and oxygen atoms in total. The van der Waals surface area contributed by atoms with Gasteiger partial charge in [0.15, 0.2) is 16.6 Å². The Balaban J connectivity index is 1.24. The zero-order valence-corrected chi connectivity index (χ0v) is 19.3. The lowest BCUT2D eigenvalue weighted by atomic mass is 9.85. The highest BCUT2D eigenvalue weighted by Gasteiger charge is 2.29. The summed E-state index contributed by atoms with van der Waals surface area (Å²) in [5.74, 6) is 0.00325. The van der Waals surface area contributed by atoms with Crippen LogP contribution in [-0.4, -0.2) is 36.3 Å². The van der Waals surface area contributed by atoms with E-state index in [2.05, 4.69) is 30.6 Å².